The van der Waals surface area contributed by atoms with Crippen molar-refractivity contribution in [2.75, 3.05) is 0 Å². The number of carbonyl (C=O) groups is 1. The highest BCUT2D eigenvalue weighted by atomic mass is 31.1. The highest BCUT2D eigenvalue weighted by Crippen LogP contribution is 2.05. The van der Waals surface area contributed by atoms with E-state index in [1.165, 1.54) is 0 Å². The minimum atomic E-state index is -0.401. The van der Waals surface area contributed by atoms with Crippen LogP contribution >= 0.6 is 8.46 Å². The molecule has 0 aliphatic heterocycles. The lowest BCUT2D eigenvalue weighted by molar-refractivity contribution is -0.110. The summed E-state index contributed by atoms with van der Waals surface area (Å²) in [6, 6.07) is 9.25. The smallest absolute Gasteiger partial charge is 0.232 e. The molecule has 0 fully saturated rings. The standard InChI is InChI=1S/C8H7O2P/c9-8(11-10)6-7-4-2-1-3-5-7/h1-5H,6H2. The summed E-state index contributed by atoms with van der Waals surface area (Å²) in [5, 5.41) is 0. The highest BCUT2D eigenvalue weighted by Gasteiger charge is 2.00. The van der Waals surface area contributed by atoms with E-state index in [9.17, 15) is 9.36 Å². The van der Waals surface area contributed by atoms with E-state index in [1.807, 2.05) is 30.3 Å². The van der Waals surface area contributed by atoms with Crippen LogP contribution in [0, 0.1) is 0 Å². The van der Waals surface area contributed by atoms with Gasteiger partial charge in [-0.15, -0.1) is 0 Å². The second-order valence-corrected chi connectivity index (χ2v) is 2.83. The van der Waals surface area contributed by atoms with Gasteiger partial charge in [0.2, 0.25) is 14.0 Å². The second-order valence-electron chi connectivity index (χ2n) is 2.15. The van der Waals surface area contributed by atoms with Crippen LogP contribution in [0.25, 0.3) is 0 Å². The van der Waals surface area contributed by atoms with E-state index in [0.29, 0.717) is 0 Å². The maximum Gasteiger partial charge on any atom is 0.232 e. The molecule has 56 valence electrons. The van der Waals surface area contributed by atoms with Gasteiger partial charge in [0.1, 0.15) is 0 Å². The Morgan fingerprint density at radius 2 is 1.91 bits per heavy atom. The fourth-order valence-electron chi connectivity index (χ4n) is 0.803. The summed E-state index contributed by atoms with van der Waals surface area (Å²) in [6.45, 7) is 0. The average Bonchev–Trinajstić information content (AvgIpc) is 2.06. The van der Waals surface area contributed by atoms with Crippen molar-refractivity contribution in [2.45, 2.75) is 6.42 Å². The Bertz CT molecular complexity index is 256. The van der Waals surface area contributed by atoms with Crippen LogP contribution in [-0.4, -0.2) is 5.52 Å². The molecule has 0 radical (unpaired) electrons. The van der Waals surface area contributed by atoms with Gasteiger partial charge in [0.15, 0.2) is 0 Å². The van der Waals surface area contributed by atoms with Crippen molar-refractivity contribution in [2.24, 2.45) is 0 Å². The molecule has 0 amide bonds. The molecule has 1 aromatic rings. The predicted octanol–water partition coefficient (Wildman–Crippen LogP) is 2.05. The average molecular weight is 166 g/mol. The first kappa shape index (κ1) is 8.09. The zero-order chi connectivity index (χ0) is 8.10. The molecule has 0 aliphatic carbocycles. The van der Waals surface area contributed by atoms with Crippen LogP contribution in [-0.2, 0) is 15.8 Å². The molecular formula is C8H7O2P. The first-order chi connectivity index (χ1) is 5.33. The van der Waals surface area contributed by atoms with E-state index >= 15 is 0 Å². The third-order valence-corrected chi connectivity index (χ3v) is 1.66. The molecule has 0 unspecified atom stereocenters. The Kier molecular flexibility index (Phi) is 2.94. The minimum absolute atomic E-state index is 0.256. The Labute approximate surface area is 66.4 Å². The Balaban J connectivity index is 2.65. The fourth-order valence-corrected chi connectivity index (χ4v) is 1.05. The van der Waals surface area contributed by atoms with Crippen LogP contribution in [0.15, 0.2) is 30.3 Å². The molecule has 0 heterocycles. The maximum atomic E-state index is 10.7. The van der Waals surface area contributed by atoms with Crippen LogP contribution in [0.1, 0.15) is 5.56 Å². The highest BCUT2D eigenvalue weighted by molar-refractivity contribution is 7.46. The van der Waals surface area contributed by atoms with Gasteiger partial charge in [-0.2, -0.15) is 0 Å². The van der Waals surface area contributed by atoms with Gasteiger partial charge >= 0.3 is 0 Å². The first-order valence-corrected chi connectivity index (χ1v) is 4.04. The van der Waals surface area contributed by atoms with Crippen LogP contribution in [0.3, 0.4) is 0 Å². The normalized spacial score (nSPS) is 9.82. The van der Waals surface area contributed by atoms with Crippen molar-refractivity contribution in [1.29, 1.82) is 0 Å². The fraction of sp³-hybridized carbons (Fsp3) is 0.125. The molecular weight excluding hydrogens is 159 g/mol. The van der Waals surface area contributed by atoms with Gasteiger partial charge in [0, 0.05) is 6.42 Å². The summed E-state index contributed by atoms with van der Waals surface area (Å²) < 4.78 is 10.1. The molecule has 0 aliphatic rings. The molecule has 0 N–H and O–H groups in total. The minimum Gasteiger partial charge on any atom is -0.286 e. The maximum absolute atomic E-state index is 10.7. The zero-order valence-electron chi connectivity index (χ0n) is 5.86. The van der Waals surface area contributed by atoms with Crippen molar-refractivity contribution < 1.29 is 9.36 Å². The summed E-state index contributed by atoms with van der Waals surface area (Å²) in [5.74, 6) is 0. The summed E-state index contributed by atoms with van der Waals surface area (Å²) in [6.07, 6.45) is 0.256. The van der Waals surface area contributed by atoms with E-state index in [0.717, 1.165) is 5.56 Å². The van der Waals surface area contributed by atoms with E-state index in [2.05, 4.69) is 0 Å². The largest absolute Gasteiger partial charge is 0.286 e. The third-order valence-electron chi connectivity index (χ3n) is 1.30. The van der Waals surface area contributed by atoms with Crippen molar-refractivity contribution in [3.8, 4) is 0 Å². The Morgan fingerprint density at radius 3 is 2.45 bits per heavy atom. The molecule has 0 aromatic heterocycles. The van der Waals surface area contributed by atoms with Crippen LogP contribution in [0.2, 0.25) is 0 Å². The first-order valence-electron chi connectivity index (χ1n) is 3.23. The monoisotopic (exact) mass is 166 g/mol. The van der Waals surface area contributed by atoms with Gasteiger partial charge in [0.05, 0.1) is 0 Å². The van der Waals surface area contributed by atoms with Crippen molar-refractivity contribution in [3.63, 3.8) is 0 Å². The van der Waals surface area contributed by atoms with E-state index in [4.69, 9.17) is 0 Å². The lowest BCUT2D eigenvalue weighted by Crippen LogP contribution is -1.92. The molecule has 2 nitrogen and oxygen atoms in total. The number of hydrogen-bond acceptors (Lipinski definition) is 2. The summed E-state index contributed by atoms with van der Waals surface area (Å²) >= 11 is 0. The Morgan fingerprint density at radius 1 is 1.27 bits per heavy atom. The van der Waals surface area contributed by atoms with E-state index < -0.39 is 8.46 Å². The quantitative estimate of drug-likeness (QED) is 0.644. The molecule has 11 heavy (non-hydrogen) atoms. The van der Waals surface area contributed by atoms with E-state index in [1.54, 1.807) is 0 Å². The summed E-state index contributed by atoms with van der Waals surface area (Å²) in [5.41, 5.74) is 0.622. The molecule has 0 bridgehead atoms. The lowest BCUT2D eigenvalue weighted by Gasteiger charge is -1.92. The molecule has 3 heteroatoms. The number of hydrogen-bond donors (Lipinski definition) is 0. The van der Waals surface area contributed by atoms with Gasteiger partial charge < -0.3 is 0 Å². The van der Waals surface area contributed by atoms with Gasteiger partial charge in [-0.1, -0.05) is 30.3 Å². The second kappa shape index (κ2) is 3.99. The molecule has 0 spiro atoms. The van der Waals surface area contributed by atoms with Crippen molar-refractivity contribution in [1.82, 2.24) is 0 Å². The van der Waals surface area contributed by atoms with Crippen LogP contribution in [0.5, 0.6) is 0 Å². The molecule has 0 saturated heterocycles. The molecule has 1 aromatic carbocycles. The van der Waals surface area contributed by atoms with E-state index in [-0.39, 0.29) is 11.9 Å². The molecule has 0 atom stereocenters. The Hall–Kier alpha value is -1.01. The lowest BCUT2D eigenvalue weighted by atomic mass is 10.2. The van der Waals surface area contributed by atoms with Crippen molar-refractivity contribution >= 4 is 14.0 Å². The number of rotatable bonds is 3. The van der Waals surface area contributed by atoms with Gasteiger partial charge in [-0.3, -0.25) is 9.36 Å². The van der Waals surface area contributed by atoms with Crippen molar-refractivity contribution in [3.05, 3.63) is 35.9 Å². The predicted molar refractivity (Wildman–Crippen MR) is 42.8 cm³/mol. The van der Waals surface area contributed by atoms with Crippen LogP contribution < -0.4 is 0 Å². The van der Waals surface area contributed by atoms with Gasteiger partial charge in [0.25, 0.3) is 0 Å². The third kappa shape index (κ3) is 2.60. The van der Waals surface area contributed by atoms with Crippen LogP contribution in [0.4, 0.5) is 0 Å². The molecule has 1 rings (SSSR count). The number of benzene rings is 1. The summed E-state index contributed by atoms with van der Waals surface area (Å²) in [7, 11) is -0.401. The zero-order valence-corrected chi connectivity index (χ0v) is 6.75. The molecule has 0 saturated carbocycles. The topological polar surface area (TPSA) is 34.1 Å². The van der Waals surface area contributed by atoms with Gasteiger partial charge in [-0.05, 0) is 5.56 Å². The summed E-state index contributed by atoms with van der Waals surface area (Å²) in [4.78, 5) is 10.7. The number of carbonyl (C=O) groups excluding carboxylic acids is 1. The van der Waals surface area contributed by atoms with Gasteiger partial charge in [-0.25, -0.2) is 0 Å². The SMILES string of the molecule is O=PC(=O)Cc1ccccc1.